The van der Waals surface area contributed by atoms with Crippen molar-refractivity contribution in [2.24, 2.45) is 5.73 Å². The minimum atomic E-state index is 0.287. The molecule has 54 valence electrons. The van der Waals surface area contributed by atoms with Gasteiger partial charge in [-0.15, -0.1) is 0 Å². The van der Waals surface area contributed by atoms with Crippen molar-refractivity contribution >= 4 is 0 Å². The van der Waals surface area contributed by atoms with E-state index in [-0.39, 0.29) is 6.04 Å². The maximum Gasteiger partial charge on any atom is 0.0223 e. The smallest absolute Gasteiger partial charge is 0.0223 e. The van der Waals surface area contributed by atoms with Crippen LogP contribution in [0, 0.1) is 0 Å². The number of unbranched alkanes of at least 4 members (excludes halogenated alkanes) is 1. The Morgan fingerprint density at radius 1 is 1.56 bits per heavy atom. The van der Waals surface area contributed by atoms with Crippen LogP contribution in [0.3, 0.4) is 0 Å². The average molecular weight is 127 g/mol. The van der Waals surface area contributed by atoms with Crippen molar-refractivity contribution in [3.05, 3.63) is 12.2 Å². The number of hydrogen-bond donors (Lipinski definition) is 1. The van der Waals surface area contributed by atoms with E-state index in [0.717, 1.165) is 6.42 Å². The van der Waals surface area contributed by atoms with Gasteiger partial charge in [0.25, 0.3) is 0 Å². The van der Waals surface area contributed by atoms with E-state index in [2.05, 4.69) is 13.0 Å². The van der Waals surface area contributed by atoms with Gasteiger partial charge in [-0.25, -0.2) is 0 Å². The monoisotopic (exact) mass is 127 g/mol. The number of allylic oxidation sites excluding steroid dienone is 1. The molecule has 0 amide bonds. The lowest BCUT2D eigenvalue weighted by atomic mass is 10.1. The molecular formula is C8H17N. The molecule has 0 heterocycles. The molecule has 0 aliphatic heterocycles. The molecule has 0 aromatic carbocycles. The molecule has 0 bridgehead atoms. The predicted molar refractivity (Wildman–Crippen MR) is 42.3 cm³/mol. The van der Waals surface area contributed by atoms with Gasteiger partial charge in [0.2, 0.25) is 0 Å². The van der Waals surface area contributed by atoms with Crippen LogP contribution in [0.5, 0.6) is 0 Å². The Morgan fingerprint density at radius 2 is 2.22 bits per heavy atom. The highest BCUT2D eigenvalue weighted by atomic mass is 14.6. The summed E-state index contributed by atoms with van der Waals surface area (Å²) in [6, 6.07) is 0.287. The molecule has 0 saturated heterocycles. The zero-order valence-electron chi connectivity index (χ0n) is 6.43. The first-order valence-electron chi connectivity index (χ1n) is 3.69. The molecule has 9 heavy (non-hydrogen) atoms. The van der Waals surface area contributed by atoms with Crippen LogP contribution in [-0.2, 0) is 0 Å². The summed E-state index contributed by atoms with van der Waals surface area (Å²) in [6.07, 6.45) is 7.67. The Balaban J connectivity index is 3.15. The standard InChI is InChI=1S/C8H17N/c1-3-5-7-8(9)6-4-2/h4,6,8H,3,5,7,9H2,1-2H3/b6-4-. The summed E-state index contributed by atoms with van der Waals surface area (Å²) in [5.74, 6) is 0. The second-order valence-corrected chi connectivity index (χ2v) is 2.33. The van der Waals surface area contributed by atoms with E-state index in [4.69, 9.17) is 5.73 Å². The van der Waals surface area contributed by atoms with Gasteiger partial charge in [0.1, 0.15) is 0 Å². The van der Waals surface area contributed by atoms with Crippen molar-refractivity contribution in [1.82, 2.24) is 0 Å². The van der Waals surface area contributed by atoms with Crippen molar-refractivity contribution in [2.45, 2.75) is 39.2 Å². The highest BCUT2D eigenvalue weighted by Gasteiger charge is 1.92. The molecule has 2 N–H and O–H groups in total. The molecule has 1 atom stereocenters. The fourth-order valence-electron chi connectivity index (χ4n) is 0.783. The van der Waals surface area contributed by atoms with Crippen LogP contribution >= 0.6 is 0 Å². The Morgan fingerprint density at radius 3 is 2.67 bits per heavy atom. The molecule has 0 spiro atoms. The lowest BCUT2D eigenvalue weighted by Gasteiger charge is -2.02. The SMILES string of the molecule is C/C=C\C(N)CCCC. The molecule has 0 fully saturated rings. The zero-order chi connectivity index (χ0) is 7.11. The van der Waals surface area contributed by atoms with Crippen LogP contribution in [0.25, 0.3) is 0 Å². The van der Waals surface area contributed by atoms with Gasteiger partial charge in [-0.2, -0.15) is 0 Å². The van der Waals surface area contributed by atoms with Crippen LogP contribution in [0.1, 0.15) is 33.1 Å². The molecule has 0 aliphatic rings. The summed E-state index contributed by atoms with van der Waals surface area (Å²) in [7, 11) is 0. The van der Waals surface area contributed by atoms with E-state index in [0.29, 0.717) is 0 Å². The zero-order valence-corrected chi connectivity index (χ0v) is 6.43. The van der Waals surface area contributed by atoms with Crippen LogP contribution in [-0.4, -0.2) is 6.04 Å². The van der Waals surface area contributed by atoms with Gasteiger partial charge in [-0.05, 0) is 13.3 Å². The number of nitrogens with two attached hydrogens (primary N) is 1. The van der Waals surface area contributed by atoms with Gasteiger partial charge < -0.3 is 5.73 Å². The van der Waals surface area contributed by atoms with Crippen molar-refractivity contribution in [3.63, 3.8) is 0 Å². The van der Waals surface area contributed by atoms with E-state index in [9.17, 15) is 0 Å². The van der Waals surface area contributed by atoms with Crippen LogP contribution < -0.4 is 5.73 Å². The van der Waals surface area contributed by atoms with Crippen LogP contribution in [0.2, 0.25) is 0 Å². The van der Waals surface area contributed by atoms with Gasteiger partial charge >= 0.3 is 0 Å². The molecule has 1 heteroatoms. The molecule has 0 aliphatic carbocycles. The highest BCUT2D eigenvalue weighted by Crippen LogP contribution is 1.98. The van der Waals surface area contributed by atoms with E-state index in [1.807, 2.05) is 13.0 Å². The predicted octanol–water partition coefficient (Wildman–Crippen LogP) is 2.08. The maximum absolute atomic E-state index is 5.68. The first-order valence-corrected chi connectivity index (χ1v) is 3.69. The quantitative estimate of drug-likeness (QED) is 0.575. The van der Waals surface area contributed by atoms with Crippen molar-refractivity contribution in [3.8, 4) is 0 Å². The van der Waals surface area contributed by atoms with Gasteiger partial charge in [-0.3, -0.25) is 0 Å². The molecule has 0 radical (unpaired) electrons. The molecular weight excluding hydrogens is 110 g/mol. The van der Waals surface area contributed by atoms with Gasteiger partial charge in [-0.1, -0.05) is 31.9 Å². The fraction of sp³-hybridized carbons (Fsp3) is 0.750. The Labute approximate surface area is 57.9 Å². The Hall–Kier alpha value is -0.300. The van der Waals surface area contributed by atoms with Crippen molar-refractivity contribution in [1.29, 1.82) is 0 Å². The molecule has 1 nitrogen and oxygen atoms in total. The summed E-state index contributed by atoms with van der Waals surface area (Å²) in [5, 5.41) is 0. The molecule has 1 unspecified atom stereocenters. The molecule has 0 saturated carbocycles. The van der Waals surface area contributed by atoms with E-state index in [1.165, 1.54) is 12.8 Å². The first-order chi connectivity index (χ1) is 4.31. The lowest BCUT2D eigenvalue weighted by molar-refractivity contribution is 0.655. The molecule has 0 rings (SSSR count). The maximum atomic E-state index is 5.68. The normalized spacial score (nSPS) is 14.6. The largest absolute Gasteiger partial charge is 0.324 e. The lowest BCUT2D eigenvalue weighted by Crippen LogP contribution is -2.15. The highest BCUT2D eigenvalue weighted by molar-refractivity contribution is 4.88. The third-order valence-corrected chi connectivity index (χ3v) is 1.33. The van der Waals surface area contributed by atoms with Gasteiger partial charge in [0.15, 0.2) is 0 Å². The topological polar surface area (TPSA) is 26.0 Å². The molecule has 0 aromatic rings. The number of hydrogen-bond acceptors (Lipinski definition) is 1. The number of rotatable bonds is 4. The van der Waals surface area contributed by atoms with Gasteiger partial charge in [0.05, 0.1) is 0 Å². The van der Waals surface area contributed by atoms with Crippen LogP contribution in [0.15, 0.2) is 12.2 Å². The minimum Gasteiger partial charge on any atom is -0.324 e. The summed E-state index contributed by atoms with van der Waals surface area (Å²) in [4.78, 5) is 0. The summed E-state index contributed by atoms with van der Waals surface area (Å²) < 4.78 is 0. The van der Waals surface area contributed by atoms with Gasteiger partial charge in [0, 0.05) is 6.04 Å². The van der Waals surface area contributed by atoms with Crippen LogP contribution in [0.4, 0.5) is 0 Å². The van der Waals surface area contributed by atoms with Crippen molar-refractivity contribution in [2.75, 3.05) is 0 Å². The summed E-state index contributed by atoms with van der Waals surface area (Å²) >= 11 is 0. The Bertz CT molecular complexity index is 76.6. The van der Waals surface area contributed by atoms with E-state index in [1.54, 1.807) is 0 Å². The molecule has 0 aromatic heterocycles. The first kappa shape index (κ1) is 8.70. The summed E-state index contributed by atoms with van der Waals surface area (Å²) in [6.45, 7) is 4.19. The van der Waals surface area contributed by atoms with E-state index >= 15 is 0 Å². The average Bonchev–Trinajstić information content (AvgIpc) is 1.85. The summed E-state index contributed by atoms with van der Waals surface area (Å²) in [5.41, 5.74) is 5.68. The third kappa shape index (κ3) is 5.57. The second kappa shape index (κ2) is 5.83. The third-order valence-electron chi connectivity index (χ3n) is 1.33. The van der Waals surface area contributed by atoms with Crippen molar-refractivity contribution < 1.29 is 0 Å². The Kier molecular flexibility index (Phi) is 5.64. The fourth-order valence-corrected chi connectivity index (χ4v) is 0.783. The second-order valence-electron chi connectivity index (χ2n) is 2.33. The van der Waals surface area contributed by atoms with E-state index < -0.39 is 0 Å². The minimum absolute atomic E-state index is 0.287.